The molecule has 0 fully saturated rings. The summed E-state index contributed by atoms with van der Waals surface area (Å²) in [6.45, 7) is 0. The SMILES string of the molecule is O=C(O)c1ccc(N2C(=O)c3ccccc3C2=O)c(C(F)(F)F)c1. The Labute approximate surface area is 132 Å². The molecular weight excluding hydrogens is 327 g/mol. The van der Waals surface area contributed by atoms with Gasteiger partial charge in [-0.1, -0.05) is 12.1 Å². The van der Waals surface area contributed by atoms with Crippen molar-refractivity contribution in [1.82, 2.24) is 0 Å². The van der Waals surface area contributed by atoms with Gasteiger partial charge in [0.1, 0.15) is 0 Å². The summed E-state index contributed by atoms with van der Waals surface area (Å²) in [5, 5.41) is 8.86. The lowest BCUT2D eigenvalue weighted by atomic mass is 10.1. The van der Waals surface area contributed by atoms with Crippen LogP contribution in [0, 0.1) is 0 Å². The first-order valence-electron chi connectivity index (χ1n) is 6.64. The summed E-state index contributed by atoms with van der Waals surface area (Å²) in [4.78, 5) is 36.0. The zero-order chi connectivity index (χ0) is 17.6. The summed E-state index contributed by atoms with van der Waals surface area (Å²) in [6.07, 6.45) is -4.93. The minimum absolute atomic E-state index is 0.00191. The van der Waals surface area contributed by atoms with Crippen molar-refractivity contribution in [3.63, 3.8) is 0 Å². The fourth-order valence-corrected chi connectivity index (χ4v) is 2.50. The first-order valence-corrected chi connectivity index (χ1v) is 6.64. The van der Waals surface area contributed by atoms with Crippen molar-refractivity contribution in [1.29, 1.82) is 0 Å². The van der Waals surface area contributed by atoms with Crippen LogP contribution >= 0.6 is 0 Å². The van der Waals surface area contributed by atoms with E-state index in [-0.39, 0.29) is 11.1 Å². The van der Waals surface area contributed by atoms with Crippen LogP contribution in [0.4, 0.5) is 18.9 Å². The van der Waals surface area contributed by atoms with Gasteiger partial charge in [0.15, 0.2) is 0 Å². The van der Waals surface area contributed by atoms with E-state index in [4.69, 9.17) is 5.11 Å². The van der Waals surface area contributed by atoms with Crippen LogP contribution < -0.4 is 4.90 Å². The predicted octanol–water partition coefficient (Wildman–Crippen LogP) is 3.20. The summed E-state index contributed by atoms with van der Waals surface area (Å²) in [6, 6.07) is 7.80. The van der Waals surface area contributed by atoms with Crippen molar-refractivity contribution >= 4 is 23.5 Å². The number of benzene rings is 2. The van der Waals surface area contributed by atoms with E-state index in [1.165, 1.54) is 24.3 Å². The molecule has 0 saturated heterocycles. The Morgan fingerprint density at radius 3 is 1.96 bits per heavy atom. The summed E-state index contributed by atoms with van der Waals surface area (Å²) in [7, 11) is 0. The highest BCUT2D eigenvalue weighted by molar-refractivity contribution is 6.34. The molecule has 8 heteroatoms. The second-order valence-electron chi connectivity index (χ2n) is 5.03. The molecule has 0 radical (unpaired) electrons. The van der Waals surface area contributed by atoms with Crippen LogP contribution in [0.15, 0.2) is 42.5 Å². The lowest BCUT2D eigenvalue weighted by Crippen LogP contribution is -2.31. The number of imide groups is 1. The fraction of sp³-hybridized carbons (Fsp3) is 0.0625. The van der Waals surface area contributed by atoms with Gasteiger partial charge in [0.25, 0.3) is 11.8 Å². The number of alkyl halides is 3. The molecule has 0 aliphatic carbocycles. The van der Waals surface area contributed by atoms with Gasteiger partial charge in [-0.15, -0.1) is 0 Å². The quantitative estimate of drug-likeness (QED) is 0.855. The van der Waals surface area contributed by atoms with E-state index in [9.17, 15) is 27.6 Å². The Hall–Kier alpha value is -3.16. The van der Waals surface area contributed by atoms with E-state index in [0.717, 1.165) is 12.1 Å². The Morgan fingerprint density at radius 2 is 1.50 bits per heavy atom. The number of amides is 2. The lowest BCUT2D eigenvalue weighted by Gasteiger charge is -2.20. The molecule has 2 amide bonds. The number of fused-ring (bicyclic) bond motifs is 1. The van der Waals surface area contributed by atoms with Crippen molar-refractivity contribution in [2.75, 3.05) is 4.90 Å². The average molecular weight is 335 g/mol. The van der Waals surface area contributed by atoms with Gasteiger partial charge in [0.05, 0.1) is 27.9 Å². The van der Waals surface area contributed by atoms with Crippen LogP contribution in [-0.2, 0) is 6.18 Å². The standard InChI is InChI=1S/C16H8F3NO4/c17-16(18,19)11-7-8(15(23)24)5-6-12(11)20-13(21)9-3-1-2-4-10(9)14(20)22/h1-7H,(H,23,24). The number of halogens is 3. The largest absolute Gasteiger partial charge is 0.478 e. The molecule has 0 aromatic heterocycles. The van der Waals surface area contributed by atoms with Gasteiger partial charge in [0, 0.05) is 0 Å². The van der Waals surface area contributed by atoms with Crippen molar-refractivity contribution in [2.24, 2.45) is 0 Å². The highest BCUT2D eigenvalue weighted by Crippen LogP contribution is 2.40. The summed E-state index contributed by atoms with van der Waals surface area (Å²) < 4.78 is 39.9. The first-order chi connectivity index (χ1) is 11.2. The number of carbonyl (C=O) groups is 3. The van der Waals surface area contributed by atoms with Gasteiger partial charge in [-0.3, -0.25) is 9.59 Å². The molecule has 1 N–H and O–H groups in total. The molecular formula is C16H8F3NO4. The molecule has 0 bridgehead atoms. The molecule has 2 aromatic rings. The Bertz CT molecular complexity index is 854. The van der Waals surface area contributed by atoms with Gasteiger partial charge < -0.3 is 5.11 Å². The number of carboxylic acids is 1. The van der Waals surface area contributed by atoms with E-state index in [0.29, 0.717) is 11.0 Å². The summed E-state index contributed by atoms with van der Waals surface area (Å²) in [5.74, 6) is -3.32. The van der Waals surface area contributed by atoms with E-state index >= 15 is 0 Å². The minimum Gasteiger partial charge on any atom is -0.478 e. The molecule has 0 saturated carbocycles. The summed E-state index contributed by atoms with van der Waals surface area (Å²) in [5.41, 5.74) is -2.66. The van der Waals surface area contributed by atoms with Gasteiger partial charge in [0.2, 0.25) is 0 Å². The number of anilines is 1. The molecule has 0 unspecified atom stereocenters. The number of hydrogen-bond donors (Lipinski definition) is 1. The highest BCUT2D eigenvalue weighted by atomic mass is 19.4. The molecule has 0 atom stereocenters. The second-order valence-corrected chi connectivity index (χ2v) is 5.03. The van der Waals surface area contributed by atoms with Crippen LogP contribution in [0.3, 0.4) is 0 Å². The molecule has 122 valence electrons. The van der Waals surface area contributed by atoms with Gasteiger partial charge in [-0.05, 0) is 30.3 Å². The zero-order valence-electron chi connectivity index (χ0n) is 11.8. The number of aromatic carboxylic acids is 1. The van der Waals surface area contributed by atoms with Gasteiger partial charge in [-0.25, -0.2) is 9.69 Å². The van der Waals surface area contributed by atoms with Crippen LogP contribution in [0.1, 0.15) is 36.6 Å². The molecule has 5 nitrogen and oxygen atoms in total. The Morgan fingerprint density at radius 1 is 0.958 bits per heavy atom. The van der Waals surface area contributed by atoms with Crippen molar-refractivity contribution in [3.05, 3.63) is 64.7 Å². The van der Waals surface area contributed by atoms with Crippen LogP contribution in [-0.4, -0.2) is 22.9 Å². The number of hydrogen-bond acceptors (Lipinski definition) is 3. The molecule has 1 heterocycles. The van der Waals surface area contributed by atoms with Crippen LogP contribution in [0.25, 0.3) is 0 Å². The topological polar surface area (TPSA) is 74.7 Å². The third-order valence-electron chi connectivity index (χ3n) is 3.58. The maximum Gasteiger partial charge on any atom is 0.418 e. The highest BCUT2D eigenvalue weighted by Gasteiger charge is 2.42. The number of carbonyl (C=O) groups excluding carboxylic acids is 2. The minimum atomic E-state index is -4.93. The number of carboxylic acid groups (broad SMARTS) is 1. The number of nitrogens with zero attached hydrogens (tertiary/aromatic N) is 1. The third-order valence-corrected chi connectivity index (χ3v) is 3.58. The smallest absolute Gasteiger partial charge is 0.418 e. The second kappa shape index (κ2) is 5.19. The summed E-state index contributed by atoms with van der Waals surface area (Å²) >= 11 is 0. The van der Waals surface area contributed by atoms with E-state index in [1.807, 2.05) is 0 Å². The monoisotopic (exact) mass is 335 g/mol. The van der Waals surface area contributed by atoms with Gasteiger partial charge >= 0.3 is 12.1 Å². The lowest BCUT2D eigenvalue weighted by molar-refractivity contribution is -0.137. The van der Waals surface area contributed by atoms with E-state index in [2.05, 4.69) is 0 Å². The average Bonchev–Trinajstić information content (AvgIpc) is 2.78. The number of rotatable bonds is 2. The molecule has 1 aliphatic rings. The Kier molecular flexibility index (Phi) is 3.40. The van der Waals surface area contributed by atoms with Crippen LogP contribution in [0.5, 0.6) is 0 Å². The van der Waals surface area contributed by atoms with Crippen molar-refractivity contribution < 1.29 is 32.7 Å². The molecule has 3 rings (SSSR count). The maximum absolute atomic E-state index is 13.3. The molecule has 2 aromatic carbocycles. The van der Waals surface area contributed by atoms with E-state index < -0.39 is 40.8 Å². The first kappa shape index (κ1) is 15.7. The normalized spacial score (nSPS) is 14.0. The molecule has 0 spiro atoms. The predicted molar refractivity (Wildman–Crippen MR) is 76.0 cm³/mol. The van der Waals surface area contributed by atoms with Gasteiger partial charge in [-0.2, -0.15) is 13.2 Å². The maximum atomic E-state index is 13.3. The van der Waals surface area contributed by atoms with Crippen LogP contribution in [0.2, 0.25) is 0 Å². The molecule has 1 aliphatic heterocycles. The molecule has 24 heavy (non-hydrogen) atoms. The van der Waals surface area contributed by atoms with Crippen molar-refractivity contribution in [3.8, 4) is 0 Å². The van der Waals surface area contributed by atoms with Crippen molar-refractivity contribution in [2.45, 2.75) is 6.18 Å². The van der Waals surface area contributed by atoms with E-state index in [1.54, 1.807) is 0 Å². The third kappa shape index (κ3) is 2.32. The fourth-order valence-electron chi connectivity index (χ4n) is 2.50. The Balaban J connectivity index is 2.19. The zero-order valence-corrected chi connectivity index (χ0v) is 11.8.